The van der Waals surface area contributed by atoms with Crippen molar-refractivity contribution >= 4 is 29.4 Å². The Hall–Kier alpha value is -3.70. The van der Waals surface area contributed by atoms with Crippen molar-refractivity contribution in [2.75, 3.05) is 31.7 Å². The normalized spacial score (nSPS) is 33.4. The number of likely N-dealkylation sites (tertiary alicyclic amines) is 1. The van der Waals surface area contributed by atoms with E-state index in [1.54, 1.807) is 67.5 Å². The highest BCUT2D eigenvalue weighted by molar-refractivity contribution is 6.05. The van der Waals surface area contributed by atoms with Crippen molar-refractivity contribution < 1.29 is 38.5 Å². The molecule has 5 rings (SSSR count). The molecule has 0 aromatic heterocycles. The zero-order chi connectivity index (χ0) is 29.3. The van der Waals surface area contributed by atoms with E-state index in [0.29, 0.717) is 24.3 Å². The Balaban J connectivity index is 1.60. The van der Waals surface area contributed by atoms with Crippen LogP contribution >= 0.6 is 0 Å². The topological polar surface area (TPSA) is 135 Å². The van der Waals surface area contributed by atoms with Crippen LogP contribution in [0.2, 0.25) is 0 Å². The van der Waals surface area contributed by atoms with Crippen LogP contribution in [0.3, 0.4) is 0 Å². The van der Waals surface area contributed by atoms with Gasteiger partial charge in [0, 0.05) is 18.7 Å². The number of nitrogens with zero attached hydrogens (tertiary/aromatic N) is 2. The molecule has 4 aliphatic rings. The minimum Gasteiger partial charge on any atom is -0.497 e. The number of nitrogens with one attached hydrogen (secondary N) is 1. The van der Waals surface area contributed by atoms with Gasteiger partial charge in [-0.3, -0.25) is 19.2 Å². The first-order valence-electron chi connectivity index (χ1n) is 14.1. The van der Waals surface area contributed by atoms with Crippen LogP contribution in [0.4, 0.5) is 5.69 Å². The van der Waals surface area contributed by atoms with Gasteiger partial charge in [0.25, 0.3) is 5.91 Å². The minimum atomic E-state index is -1.46. The van der Waals surface area contributed by atoms with E-state index in [2.05, 4.69) is 5.32 Å². The zero-order valence-electron chi connectivity index (χ0n) is 23.5. The minimum absolute atomic E-state index is 0.142. The third-order valence-corrected chi connectivity index (χ3v) is 8.43. The van der Waals surface area contributed by atoms with Gasteiger partial charge in [0.2, 0.25) is 11.8 Å². The number of cyclic esters (lactones) is 1. The molecule has 220 valence electrons. The van der Waals surface area contributed by atoms with Crippen molar-refractivity contribution in [1.82, 2.24) is 10.2 Å². The number of amides is 3. The first kappa shape index (κ1) is 28.8. The molecule has 4 aliphatic heterocycles. The molecule has 0 saturated carbocycles. The van der Waals surface area contributed by atoms with Gasteiger partial charge in [-0.1, -0.05) is 31.2 Å². The van der Waals surface area contributed by atoms with E-state index < -0.39 is 53.6 Å². The summed E-state index contributed by atoms with van der Waals surface area (Å²) >= 11 is 0. The first-order chi connectivity index (χ1) is 19.7. The summed E-state index contributed by atoms with van der Waals surface area (Å²) in [7, 11) is 1.56. The van der Waals surface area contributed by atoms with E-state index in [1.807, 2.05) is 6.92 Å². The van der Waals surface area contributed by atoms with Crippen LogP contribution < -0.4 is 15.0 Å². The Bertz CT molecular complexity index is 1240. The molecule has 7 atom stereocenters. The first-order valence-corrected chi connectivity index (χ1v) is 14.1. The zero-order valence-corrected chi connectivity index (χ0v) is 23.5. The van der Waals surface area contributed by atoms with Crippen LogP contribution in [0, 0.1) is 11.8 Å². The van der Waals surface area contributed by atoms with Crippen LogP contribution in [0.5, 0.6) is 5.75 Å². The van der Waals surface area contributed by atoms with Crippen LogP contribution in [0.25, 0.3) is 0 Å². The molecule has 0 radical (unpaired) electrons. The number of aliphatic hydroxyl groups is 1. The summed E-state index contributed by atoms with van der Waals surface area (Å²) in [5.41, 5.74) is -0.853. The van der Waals surface area contributed by atoms with Crippen LogP contribution in [-0.4, -0.2) is 90.4 Å². The molecule has 41 heavy (non-hydrogen) atoms. The molecule has 3 amide bonds. The fourth-order valence-corrected chi connectivity index (χ4v) is 6.40. The summed E-state index contributed by atoms with van der Waals surface area (Å²) in [6, 6.07) is 5.26. The van der Waals surface area contributed by atoms with Gasteiger partial charge in [-0.2, -0.15) is 0 Å². The quantitative estimate of drug-likeness (QED) is 0.402. The SMILES string of the molecule is CC[C@@H](CO)N1C(=O)[C@@H]2[C@H]3C(=O)O[C@H](C)CNC(=O)CC/C=C\[C@H]3O[C@@]23C=CCN(c2ccc(OC)cc2)C(=O)[C@@H]13. The van der Waals surface area contributed by atoms with E-state index >= 15 is 0 Å². The summed E-state index contributed by atoms with van der Waals surface area (Å²) in [5.74, 6) is -3.03. The Morgan fingerprint density at radius 1 is 1.15 bits per heavy atom. The highest BCUT2D eigenvalue weighted by Gasteiger charge is 2.72. The number of carbonyl (C=O) groups excluding carboxylic acids is 4. The number of rotatable bonds is 5. The standard InChI is InChI=1S/C30H37N3O8/c1-4-19(17-34)33-26-28(37)32(20-10-12-21(39-3)13-11-20)15-7-14-30(26)25(27(33)36)24-22(41-30)8-5-6-9-23(35)31-16-18(2)40-29(24)38/h5,7-8,10-14,18-19,22,24-26,34H,4,6,9,15-17H2,1-3H3,(H,31,35)/b8-5-/t18-,19+,22-,24+,25+,26-,30+/m1/s1. The Kier molecular flexibility index (Phi) is 8.19. The van der Waals surface area contributed by atoms with E-state index in [0.717, 1.165) is 0 Å². The molecule has 0 aliphatic carbocycles. The van der Waals surface area contributed by atoms with Crippen molar-refractivity contribution in [2.45, 2.75) is 63.0 Å². The predicted octanol–water partition coefficient (Wildman–Crippen LogP) is 1.35. The molecule has 1 aromatic carbocycles. The average molecular weight is 568 g/mol. The number of ether oxygens (including phenoxy) is 3. The number of carbonyl (C=O) groups is 4. The number of methoxy groups -OCH3 is 1. The number of allylic oxidation sites excluding steroid dienone is 1. The van der Waals surface area contributed by atoms with E-state index in [9.17, 15) is 24.3 Å². The van der Waals surface area contributed by atoms with Gasteiger partial charge in [-0.05, 0) is 44.0 Å². The van der Waals surface area contributed by atoms with Gasteiger partial charge in [0.05, 0.1) is 38.3 Å². The third kappa shape index (κ3) is 5.01. The van der Waals surface area contributed by atoms with Gasteiger partial charge in [-0.15, -0.1) is 0 Å². The fourth-order valence-electron chi connectivity index (χ4n) is 6.40. The van der Waals surface area contributed by atoms with Crippen molar-refractivity contribution in [3.8, 4) is 5.75 Å². The van der Waals surface area contributed by atoms with E-state index in [-0.39, 0.29) is 37.9 Å². The molecule has 1 aromatic rings. The highest BCUT2D eigenvalue weighted by atomic mass is 16.6. The largest absolute Gasteiger partial charge is 0.497 e. The Labute approximate surface area is 239 Å². The summed E-state index contributed by atoms with van der Waals surface area (Å²) in [5, 5.41) is 13.0. The smallest absolute Gasteiger partial charge is 0.313 e. The maximum absolute atomic E-state index is 14.4. The molecular weight excluding hydrogens is 530 g/mol. The van der Waals surface area contributed by atoms with Crippen LogP contribution in [-0.2, 0) is 28.7 Å². The van der Waals surface area contributed by atoms with Crippen LogP contribution in [0.15, 0.2) is 48.6 Å². The molecule has 2 N–H and O–H groups in total. The molecule has 2 fully saturated rings. The number of esters is 1. The van der Waals surface area contributed by atoms with E-state index in [4.69, 9.17) is 14.2 Å². The molecule has 0 unspecified atom stereocenters. The van der Waals surface area contributed by atoms with Gasteiger partial charge in [0.15, 0.2) is 0 Å². The van der Waals surface area contributed by atoms with Gasteiger partial charge < -0.3 is 34.4 Å². The van der Waals surface area contributed by atoms with Crippen molar-refractivity contribution in [3.63, 3.8) is 0 Å². The number of aliphatic hydroxyl groups excluding tert-OH is 1. The molecular formula is C30H37N3O8. The second-order valence-electron chi connectivity index (χ2n) is 10.9. The van der Waals surface area contributed by atoms with Crippen molar-refractivity contribution in [2.24, 2.45) is 11.8 Å². The number of benzene rings is 1. The number of hydrogen-bond acceptors (Lipinski definition) is 8. The van der Waals surface area contributed by atoms with Gasteiger partial charge in [-0.25, -0.2) is 0 Å². The Morgan fingerprint density at radius 3 is 2.59 bits per heavy atom. The lowest BCUT2D eigenvalue weighted by Gasteiger charge is -2.38. The van der Waals surface area contributed by atoms with E-state index in [1.165, 1.54) is 4.90 Å². The molecule has 1 spiro atoms. The lowest BCUT2D eigenvalue weighted by atomic mass is 9.78. The second-order valence-corrected chi connectivity index (χ2v) is 10.9. The fraction of sp³-hybridized carbons (Fsp3) is 0.533. The predicted molar refractivity (Wildman–Crippen MR) is 148 cm³/mol. The molecule has 0 bridgehead atoms. The van der Waals surface area contributed by atoms with Gasteiger partial charge >= 0.3 is 5.97 Å². The molecule has 4 heterocycles. The number of fused-ring (bicyclic) bond motifs is 2. The maximum Gasteiger partial charge on any atom is 0.313 e. The lowest BCUT2D eigenvalue weighted by Crippen LogP contribution is -2.58. The lowest BCUT2D eigenvalue weighted by molar-refractivity contribution is -0.159. The average Bonchev–Trinajstić information content (AvgIpc) is 3.35. The Morgan fingerprint density at radius 2 is 1.90 bits per heavy atom. The summed E-state index contributed by atoms with van der Waals surface area (Å²) in [6.07, 6.45) is 6.58. The maximum atomic E-state index is 14.4. The van der Waals surface area contributed by atoms with Crippen molar-refractivity contribution in [1.29, 1.82) is 0 Å². The summed E-state index contributed by atoms with van der Waals surface area (Å²) in [4.78, 5) is 57.6. The molecule has 11 heteroatoms. The molecule has 2 saturated heterocycles. The van der Waals surface area contributed by atoms with Crippen molar-refractivity contribution in [3.05, 3.63) is 48.6 Å². The van der Waals surface area contributed by atoms with Gasteiger partial charge in [0.1, 0.15) is 29.4 Å². The highest BCUT2D eigenvalue weighted by Crippen LogP contribution is 2.54. The van der Waals surface area contributed by atoms with Crippen LogP contribution in [0.1, 0.15) is 33.1 Å². The number of anilines is 1. The summed E-state index contributed by atoms with van der Waals surface area (Å²) in [6.45, 7) is 3.52. The molecule has 11 nitrogen and oxygen atoms in total. The second kappa shape index (κ2) is 11.7. The third-order valence-electron chi connectivity index (χ3n) is 8.43. The monoisotopic (exact) mass is 567 g/mol. The summed E-state index contributed by atoms with van der Waals surface area (Å²) < 4.78 is 17.6. The number of hydrogen-bond donors (Lipinski definition) is 2.